The van der Waals surface area contributed by atoms with E-state index < -0.39 is 0 Å². The van der Waals surface area contributed by atoms with Crippen molar-refractivity contribution in [3.8, 4) is 11.6 Å². The molecule has 4 heteroatoms. The molecule has 1 heterocycles. The zero-order valence-electron chi connectivity index (χ0n) is 12.7. The van der Waals surface area contributed by atoms with Crippen LogP contribution in [0.15, 0.2) is 24.4 Å². The van der Waals surface area contributed by atoms with Crippen molar-refractivity contribution >= 4 is 23.2 Å². The lowest BCUT2D eigenvalue weighted by atomic mass is 10.0. The molecule has 1 aromatic heterocycles. The SMILES string of the molecule is Cc1cc(Cl)c(C(C)C)cc1Oc1ncc(CCl)cc1C. The number of pyridine rings is 1. The normalized spacial score (nSPS) is 11.0. The number of aryl methyl sites for hydroxylation is 2. The fourth-order valence-electron chi connectivity index (χ4n) is 2.13. The van der Waals surface area contributed by atoms with E-state index in [0.29, 0.717) is 17.7 Å². The van der Waals surface area contributed by atoms with Gasteiger partial charge in [-0.15, -0.1) is 11.6 Å². The quantitative estimate of drug-likeness (QED) is 0.643. The Morgan fingerprint density at radius 1 is 1.14 bits per heavy atom. The van der Waals surface area contributed by atoms with Crippen LogP contribution < -0.4 is 4.74 Å². The van der Waals surface area contributed by atoms with Crippen LogP contribution in [0.4, 0.5) is 0 Å². The topological polar surface area (TPSA) is 22.1 Å². The summed E-state index contributed by atoms with van der Waals surface area (Å²) in [5, 5.41) is 0.775. The van der Waals surface area contributed by atoms with Crippen molar-refractivity contribution < 1.29 is 4.74 Å². The second-order valence-electron chi connectivity index (χ2n) is 5.50. The first kappa shape index (κ1) is 16.1. The lowest BCUT2D eigenvalue weighted by Gasteiger charge is -2.15. The number of benzene rings is 1. The van der Waals surface area contributed by atoms with Gasteiger partial charge in [-0.25, -0.2) is 4.98 Å². The lowest BCUT2D eigenvalue weighted by Crippen LogP contribution is -1.97. The first-order chi connectivity index (χ1) is 9.92. The minimum absolute atomic E-state index is 0.341. The Labute approximate surface area is 136 Å². The third-order valence-corrected chi connectivity index (χ3v) is 4.00. The highest BCUT2D eigenvalue weighted by Gasteiger charge is 2.12. The van der Waals surface area contributed by atoms with Crippen molar-refractivity contribution in [1.82, 2.24) is 4.98 Å². The van der Waals surface area contributed by atoms with Gasteiger partial charge in [0.1, 0.15) is 5.75 Å². The number of hydrogen-bond acceptors (Lipinski definition) is 2. The Kier molecular flexibility index (Phi) is 5.13. The Morgan fingerprint density at radius 3 is 2.43 bits per heavy atom. The molecule has 0 aliphatic rings. The second kappa shape index (κ2) is 6.67. The third-order valence-electron chi connectivity index (χ3n) is 3.36. The Hall–Kier alpha value is -1.25. The van der Waals surface area contributed by atoms with Gasteiger partial charge in [0.15, 0.2) is 0 Å². The molecule has 0 N–H and O–H groups in total. The molecular weight excluding hydrogens is 305 g/mol. The zero-order valence-corrected chi connectivity index (χ0v) is 14.2. The molecule has 0 fully saturated rings. The van der Waals surface area contributed by atoms with Crippen molar-refractivity contribution in [3.63, 3.8) is 0 Å². The van der Waals surface area contributed by atoms with E-state index in [9.17, 15) is 0 Å². The van der Waals surface area contributed by atoms with Crippen molar-refractivity contribution in [2.75, 3.05) is 0 Å². The van der Waals surface area contributed by atoms with Gasteiger partial charge in [-0.2, -0.15) is 0 Å². The van der Waals surface area contributed by atoms with E-state index in [1.165, 1.54) is 0 Å². The molecule has 2 rings (SSSR count). The van der Waals surface area contributed by atoms with Crippen molar-refractivity contribution in [2.24, 2.45) is 0 Å². The fourth-order valence-corrected chi connectivity index (χ4v) is 2.71. The number of halogens is 2. The number of nitrogens with zero attached hydrogens (tertiary/aromatic N) is 1. The number of alkyl halides is 1. The van der Waals surface area contributed by atoms with Gasteiger partial charge < -0.3 is 4.74 Å². The van der Waals surface area contributed by atoms with Crippen LogP contribution in [-0.4, -0.2) is 4.98 Å². The molecule has 0 aliphatic heterocycles. The molecule has 0 amide bonds. The highest BCUT2D eigenvalue weighted by molar-refractivity contribution is 6.31. The van der Waals surface area contributed by atoms with Crippen molar-refractivity contribution in [3.05, 3.63) is 51.7 Å². The Balaban J connectivity index is 2.37. The molecule has 0 aliphatic carbocycles. The highest BCUT2D eigenvalue weighted by Crippen LogP contribution is 2.34. The van der Waals surface area contributed by atoms with E-state index in [1.54, 1.807) is 6.20 Å². The molecule has 2 nitrogen and oxygen atoms in total. The molecule has 2 aromatic rings. The van der Waals surface area contributed by atoms with Crippen LogP contribution >= 0.6 is 23.2 Å². The Morgan fingerprint density at radius 2 is 1.86 bits per heavy atom. The molecule has 0 bridgehead atoms. The van der Waals surface area contributed by atoms with Gasteiger partial charge in [0, 0.05) is 22.7 Å². The maximum absolute atomic E-state index is 6.28. The van der Waals surface area contributed by atoms with Gasteiger partial charge in [0.25, 0.3) is 0 Å². The van der Waals surface area contributed by atoms with Gasteiger partial charge in [-0.05, 0) is 54.7 Å². The summed E-state index contributed by atoms with van der Waals surface area (Å²) >= 11 is 12.1. The van der Waals surface area contributed by atoms with Gasteiger partial charge in [-0.3, -0.25) is 0 Å². The van der Waals surface area contributed by atoms with Crippen molar-refractivity contribution in [1.29, 1.82) is 0 Å². The maximum Gasteiger partial charge on any atom is 0.222 e. The van der Waals surface area contributed by atoms with Gasteiger partial charge in [-0.1, -0.05) is 25.4 Å². The first-order valence-electron chi connectivity index (χ1n) is 6.91. The summed E-state index contributed by atoms with van der Waals surface area (Å²) in [6, 6.07) is 5.93. The summed E-state index contributed by atoms with van der Waals surface area (Å²) in [6.07, 6.45) is 1.74. The minimum atomic E-state index is 0.341. The van der Waals surface area contributed by atoms with Crippen LogP contribution in [0.1, 0.15) is 42.0 Å². The molecule has 0 atom stereocenters. The highest BCUT2D eigenvalue weighted by atomic mass is 35.5. The van der Waals surface area contributed by atoms with E-state index in [-0.39, 0.29) is 0 Å². The van der Waals surface area contributed by atoms with Crippen LogP contribution in [0.3, 0.4) is 0 Å². The monoisotopic (exact) mass is 323 g/mol. The summed E-state index contributed by atoms with van der Waals surface area (Å²) < 4.78 is 5.97. The molecular formula is C17H19Cl2NO. The predicted molar refractivity (Wildman–Crippen MR) is 88.9 cm³/mol. The average molecular weight is 324 g/mol. The molecule has 21 heavy (non-hydrogen) atoms. The molecule has 1 aromatic carbocycles. The molecule has 0 spiro atoms. The van der Waals surface area contributed by atoms with E-state index in [4.69, 9.17) is 27.9 Å². The Bertz CT molecular complexity index is 653. The fraction of sp³-hybridized carbons (Fsp3) is 0.353. The average Bonchev–Trinajstić information content (AvgIpc) is 2.43. The van der Waals surface area contributed by atoms with E-state index in [0.717, 1.165) is 33.0 Å². The predicted octanol–water partition coefficient (Wildman–Crippen LogP) is 6.01. The number of hydrogen-bond donors (Lipinski definition) is 0. The number of rotatable bonds is 4. The largest absolute Gasteiger partial charge is 0.438 e. The number of ether oxygens (including phenoxy) is 1. The van der Waals surface area contributed by atoms with Crippen LogP contribution in [0.2, 0.25) is 5.02 Å². The summed E-state index contributed by atoms with van der Waals surface area (Å²) in [6.45, 7) is 8.17. The van der Waals surface area contributed by atoms with Gasteiger partial charge in [0.2, 0.25) is 5.88 Å². The maximum atomic E-state index is 6.28. The van der Waals surface area contributed by atoms with E-state index in [2.05, 4.69) is 18.8 Å². The van der Waals surface area contributed by atoms with Crippen LogP contribution in [0, 0.1) is 13.8 Å². The summed E-state index contributed by atoms with van der Waals surface area (Å²) in [5.41, 5.74) is 4.02. The molecule has 0 saturated carbocycles. The smallest absolute Gasteiger partial charge is 0.222 e. The minimum Gasteiger partial charge on any atom is -0.438 e. The van der Waals surface area contributed by atoms with Crippen LogP contribution in [0.5, 0.6) is 11.6 Å². The van der Waals surface area contributed by atoms with E-state index in [1.807, 2.05) is 32.0 Å². The van der Waals surface area contributed by atoms with Crippen LogP contribution in [-0.2, 0) is 5.88 Å². The van der Waals surface area contributed by atoms with Gasteiger partial charge >= 0.3 is 0 Å². The first-order valence-corrected chi connectivity index (χ1v) is 7.83. The zero-order chi connectivity index (χ0) is 15.6. The summed E-state index contributed by atoms with van der Waals surface area (Å²) in [5.74, 6) is 2.18. The standard InChI is InChI=1S/C17H19Cl2NO/c1-10(2)14-7-16(11(3)6-15(14)19)21-17-12(4)5-13(8-18)9-20-17/h5-7,9-10H,8H2,1-4H3. The van der Waals surface area contributed by atoms with E-state index >= 15 is 0 Å². The lowest BCUT2D eigenvalue weighted by molar-refractivity contribution is 0.454. The molecule has 0 radical (unpaired) electrons. The molecule has 112 valence electrons. The third kappa shape index (κ3) is 3.69. The van der Waals surface area contributed by atoms with Crippen LogP contribution in [0.25, 0.3) is 0 Å². The summed E-state index contributed by atoms with van der Waals surface area (Å²) in [4.78, 5) is 4.34. The second-order valence-corrected chi connectivity index (χ2v) is 6.17. The molecule has 0 saturated heterocycles. The summed E-state index contributed by atoms with van der Waals surface area (Å²) in [7, 11) is 0. The molecule has 0 unspecified atom stereocenters. The van der Waals surface area contributed by atoms with Gasteiger partial charge in [0.05, 0.1) is 0 Å². The van der Waals surface area contributed by atoms with Crippen molar-refractivity contribution in [2.45, 2.75) is 39.5 Å². The number of aromatic nitrogens is 1.